The molecule has 114 valence electrons. The van der Waals surface area contributed by atoms with Gasteiger partial charge in [-0.15, -0.1) is 11.3 Å². The van der Waals surface area contributed by atoms with Crippen LogP contribution < -0.4 is 10.1 Å². The smallest absolute Gasteiger partial charge is 0.133 e. The standard InChI is InChI=1S/C17H22BrNOS/c1-12-13(9-14(21-12)10-19-17(2,3)4)11-20-16-8-6-5-7-15(16)18/h5-9,19H,10-11H2,1-4H3. The Kier molecular flexibility index (Phi) is 5.47. The lowest BCUT2D eigenvalue weighted by molar-refractivity contribution is 0.304. The summed E-state index contributed by atoms with van der Waals surface area (Å²) in [6.07, 6.45) is 0. The van der Waals surface area contributed by atoms with E-state index >= 15 is 0 Å². The Labute approximate surface area is 139 Å². The molecule has 2 nitrogen and oxygen atoms in total. The van der Waals surface area contributed by atoms with Crippen LogP contribution in [-0.2, 0) is 13.2 Å². The number of benzene rings is 1. The first kappa shape index (κ1) is 16.5. The average Bonchev–Trinajstić information content (AvgIpc) is 2.75. The lowest BCUT2D eigenvalue weighted by Gasteiger charge is -2.19. The predicted molar refractivity (Wildman–Crippen MR) is 94.1 cm³/mol. The highest BCUT2D eigenvalue weighted by Gasteiger charge is 2.11. The molecule has 0 saturated carbocycles. The van der Waals surface area contributed by atoms with Crippen molar-refractivity contribution in [1.82, 2.24) is 5.32 Å². The monoisotopic (exact) mass is 367 g/mol. The summed E-state index contributed by atoms with van der Waals surface area (Å²) in [4.78, 5) is 2.68. The molecule has 0 bridgehead atoms. The van der Waals surface area contributed by atoms with E-state index in [0.29, 0.717) is 6.61 Å². The van der Waals surface area contributed by atoms with Crippen molar-refractivity contribution < 1.29 is 4.74 Å². The molecule has 1 N–H and O–H groups in total. The number of hydrogen-bond acceptors (Lipinski definition) is 3. The number of halogens is 1. The fourth-order valence-corrected chi connectivity index (χ4v) is 3.27. The van der Waals surface area contributed by atoms with Gasteiger partial charge in [-0.3, -0.25) is 0 Å². The number of nitrogens with one attached hydrogen (secondary N) is 1. The molecule has 0 radical (unpaired) electrons. The van der Waals surface area contributed by atoms with Gasteiger partial charge in [-0.2, -0.15) is 0 Å². The molecule has 2 aromatic rings. The molecule has 0 atom stereocenters. The molecule has 0 aliphatic heterocycles. The number of para-hydroxylation sites is 1. The van der Waals surface area contributed by atoms with E-state index in [2.05, 4.69) is 55.0 Å². The van der Waals surface area contributed by atoms with Crippen molar-refractivity contribution in [3.63, 3.8) is 0 Å². The Morgan fingerprint density at radius 3 is 2.62 bits per heavy atom. The maximum atomic E-state index is 5.90. The Balaban J connectivity index is 1.98. The van der Waals surface area contributed by atoms with E-state index in [-0.39, 0.29) is 5.54 Å². The minimum absolute atomic E-state index is 0.142. The van der Waals surface area contributed by atoms with Crippen molar-refractivity contribution in [3.8, 4) is 5.75 Å². The highest BCUT2D eigenvalue weighted by atomic mass is 79.9. The van der Waals surface area contributed by atoms with Crippen molar-refractivity contribution in [2.24, 2.45) is 0 Å². The van der Waals surface area contributed by atoms with Gasteiger partial charge in [0.15, 0.2) is 0 Å². The summed E-state index contributed by atoms with van der Waals surface area (Å²) in [6.45, 7) is 10.2. The van der Waals surface area contributed by atoms with E-state index in [4.69, 9.17) is 4.74 Å². The molecular formula is C17H22BrNOS. The van der Waals surface area contributed by atoms with Crippen molar-refractivity contribution >= 4 is 27.3 Å². The molecule has 1 aromatic carbocycles. The highest BCUT2D eigenvalue weighted by molar-refractivity contribution is 9.10. The van der Waals surface area contributed by atoms with Crippen molar-refractivity contribution in [3.05, 3.63) is 50.1 Å². The zero-order valence-corrected chi connectivity index (χ0v) is 15.4. The highest BCUT2D eigenvalue weighted by Crippen LogP contribution is 2.27. The summed E-state index contributed by atoms with van der Waals surface area (Å²) in [7, 11) is 0. The van der Waals surface area contributed by atoms with Crippen LogP contribution in [0.1, 0.15) is 36.1 Å². The van der Waals surface area contributed by atoms with Gasteiger partial charge in [0.25, 0.3) is 0 Å². The third-order valence-electron chi connectivity index (χ3n) is 3.08. The van der Waals surface area contributed by atoms with Gasteiger partial charge < -0.3 is 10.1 Å². The molecule has 1 heterocycles. The fourth-order valence-electron chi connectivity index (χ4n) is 1.89. The van der Waals surface area contributed by atoms with Gasteiger partial charge in [-0.05, 0) is 61.8 Å². The largest absolute Gasteiger partial charge is 0.488 e. The first-order chi connectivity index (χ1) is 9.85. The third kappa shape index (κ3) is 5.13. The van der Waals surface area contributed by atoms with Gasteiger partial charge in [0.2, 0.25) is 0 Å². The number of thiophene rings is 1. The molecule has 0 aliphatic carbocycles. The molecule has 21 heavy (non-hydrogen) atoms. The van der Waals surface area contributed by atoms with Gasteiger partial charge in [-0.1, -0.05) is 12.1 Å². The van der Waals surface area contributed by atoms with E-state index in [9.17, 15) is 0 Å². The van der Waals surface area contributed by atoms with Crippen LogP contribution in [0.25, 0.3) is 0 Å². The second kappa shape index (κ2) is 6.95. The Bertz CT molecular complexity index is 601. The average molecular weight is 368 g/mol. The summed E-state index contributed by atoms with van der Waals surface area (Å²) < 4.78 is 6.89. The first-order valence-corrected chi connectivity index (χ1v) is 8.66. The summed E-state index contributed by atoms with van der Waals surface area (Å²) in [5, 5.41) is 3.52. The van der Waals surface area contributed by atoms with Gasteiger partial charge in [0.1, 0.15) is 12.4 Å². The van der Waals surface area contributed by atoms with Crippen molar-refractivity contribution in [1.29, 1.82) is 0 Å². The summed E-state index contributed by atoms with van der Waals surface area (Å²) in [5.74, 6) is 0.887. The number of ether oxygens (including phenoxy) is 1. The summed E-state index contributed by atoms with van der Waals surface area (Å²) in [5.41, 5.74) is 1.41. The molecule has 0 amide bonds. The van der Waals surface area contributed by atoms with Crippen LogP contribution in [0.2, 0.25) is 0 Å². The van der Waals surface area contributed by atoms with Gasteiger partial charge in [-0.25, -0.2) is 0 Å². The van der Waals surface area contributed by atoms with Gasteiger partial charge >= 0.3 is 0 Å². The molecule has 0 spiro atoms. The normalized spacial score (nSPS) is 11.7. The SMILES string of the molecule is Cc1sc(CNC(C)(C)C)cc1COc1ccccc1Br. The summed E-state index contributed by atoms with van der Waals surface area (Å²) in [6, 6.07) is 10.2. The second-order valence-electron chi connectivity index (χ2n) is 6.12. The molecule has 0 saturated heterocycles. The van der Waals surface area contributed by atoms with Crippen LogP contribution in [0.4, 0.5) is 0 Å². The predicted octanol–water partition coefficient (Wildman–Crippen LogP) is 5.29. The number of hydrogen-bond donors (Lipinski definition) is 1. The molecule has 0 aliphatic rings. The molecule has 0 fully saturated rings. The lowest BCUT2D eigenvalue weighted by atomic mass is 10.1. The maximum absolute atomic E-state index is 5.90. The van der Waals surface area contributed by atoms with E-state index in [1.54, 1.807) is 0 Å². The minimum Gasteiger partial charge on any atom is -0.488 e. The molecule has 4 heteroatoms. The molecular weight excluding hydrogens is 346 g/mol. The number of rotatable bonds is 5. The van der Waals surface area contributed by atoms with E-state index < -0.39 is 0 Å². The quantitative estimate of drug-likeness (QED) is 0.775. The van der Waals surface area contributed by atoms with Crippen molar-refractivity contribution in [2.45, 2.75) is 46.4 Å². The van der Waals surface area contributed by atoms with Crippen LogP contribution in [0.3, 0.4) is 0 Å². The van der Waals surface area contributed by atoms with Crippen LogP contribution >= 0.6 is 27.3 Å². The van der Waals surface area contributed by atoms with E-state index in [1.165, 1.54) is 15.3 Å². The Morgan fingerprint density at radius 1 is 1.24 bits per heavy atom. The zero-order chi connectivity index (χ0) is 15.5. The Hall–Kier alpha value is -0.840. The molecule has 2 rings (SSSR count). The van der Waals surface area contributed by atoms with E-state index in [0.717, 1.165) is 16.8 Å². The zero-order valence-electron chi connectivity index (χ0n) is 13.0. The van der Waals surface area contributed by atoms with Gasteiger partial charge in [0, 0.05) is 27.4 Å². The van der Waals surface area contributed by atoms with Gasteiger partial charge in [0.05, 0.1) is 4.47 Å². The fraction of sp³-hybridized carbons (Fsp3) is 0.412. The van der Waals surface area contributed by atoms with Crippen LogP contribution in [0.5, 0.6) is 5.75 Å². The third-order valence-corrected chi connectivity index (χ3v) is 4.83. The Morgan fingerprint density at radius 2 is 1.95 bits per heavy atom. The van der Waals surface area contributed by atoms with Crippen LogP contribution in [0, 0.1) is 6.92 Å². The minimum atomic E-state index is 0.142. The van der Waals surface area contributed by atoms with Crippen LogP contribution in [0.15, 0.2) is 34.8 Å². The van der Waals surface area contributed by atoms with E-state index in [1.807, 2.05) is 35.6 Å². The molecule has 0 unspecified atom stereocenters. The summed E-state index contributed by atoms with van der Waals surface area (Å²) >= 11 is 5.35. The molecule has 1 aromatic heterocycles. The first-order valence-electron chi connectivity index (χ1n) is 7.06. The van der Waals surface area contributed by atoms with Crippen LogP contribution in [-0.4, -0.2) is 5.54 Å². The topological polar surface area (TPSA) is 21.3 Å². The second-order valence-corrected chi connectivity index (χ2v) is 8.31. The maximum Gasteiger partial charge on any atom is 0.133 e. The number of aryl methyl sites for hydroxylation is 1. The lowest BCUT2D eigenvalue weighted by Crippen LogP contribution is -2.34. The van der Waals surface area contributed by atoms with Crippen molar-refractivity contribution in [2.75, 3.05) is 0 Å².